The first-order valence-electron chi connectivity index (χ1n) is 7.51. The normalized spacial score (nSPS) is 17.9. The maximum Gasteiger partial charge on any atom is 0.244 e. The Kier molecular flexibility index (Phi) is 4.40. The Hall–Kier alpha value is -1.20. The van der Waals surface area contributed by atoms with E-state index in [9.17, 15) is 0 Å². The maximum absolute atomic E-state index is 6.31. The molecule has 0 amide bonds. The molecule has 1 unspecified atom stereocenters. The quantitative estimate of drug-likeness (QED) is 0.892. The highest BCUT2D eigenvalue weighted by Crippen LogP contribution is 2.33. The highest BCUT2D eigenvalue weighted by atomic mass is 79.9. The third-order valence-corrected chi connectivity index (χ3v) is 5.17. The van der Waals surface area contributed by atoms with Gasteiger partial charge < -0.3 is 10.3 Å². The number of nitrogens with two attached hydrogens (primary N) is 1. The lowest BCUT2D eigenvalue weighted by molar-refractivity contribution is 0.255. The summed E-state index contributed by atoms with van der Waals surface area (Å²) in [6.45, 7) is 2.05. The smallest absolute Gasteiger partial charge is 0.244 e. The van der Waals surface area contributed by atoms with E-state index in [-0.39, 0.29) is 6.04 Å². The van der Waals surface area contributed by atoms with E-state index in [1.165, 1.54) is 24.8 Å². The van der Waals surface area contributed by atoms with Gasteiger partial charge in [0.1, 0.15) is 0 Å². The van der Waals surface area contributed by atoms with Crippen molar-refractivity contribution in [2.45, 2.75) is 45.1 Å². The third-order valence-electron chi connectivity index (χ3n) is 4.31. The summed E-state index contributed by atoms with van der Waals surface area (Å²) in [5.74, 6) is 1.64. The molecule has 4 nitrogen and oxygen atoms in total. The summed E-state index contributed by atoms with van der Waals surface area (Å²) in [7, 11) is 0. The molecule has 2 aromatic rings. The summed E-state index contributed by atoms with van der Waals surface area (Å²) in [4.78, 5) is 4.50. The van der Waals surface area contributed by atoms with E-state index in [0.29, 0.717) is 17.6 Å². The van der Waals surface area contributed by atoms with Gasteiger partial charge in [-0.15, -0.1) is 0 Å². The molecule has 1 aromatic heterocycles. The minimum Gasteiger partial charge on any atom is -0.337 e. The van der Waals surface area contributed by atoms with E-state index >= 15 is 0 Å². The van der Waals surface area contributed by atoms with Crippen molar-refractivity contribution in [1.82, 2.24) is 10.1 Å². The van der Waals surface area contributed by atoms with Crippen molar-refractivity contribution in [3.05, 3.63) is 34.1 Å². The zero-order chi connectivity index (χ0) is 14.8. The van der Waals surface area contributed by atoms with Gasteiger partial charge in [0.15, 0.2) is 0 Å². The van der Waals surface area contributed by atoms with Crippen LogP contribution in [0.25, 0.3) is 11.4 Å². The van der Waals surface area contributed by atoms with Gasteiger partial charge in [-0.2, -0.15) is 4.98 Å². The van der Waals surface area contributed by atoms with Crippen molar-refractivity contribution in [3.8, 4) is 11.4 Å². The monoisotopic (exact) mass is 349 g/mol. The molecule has 112 valence electrons. The Labute approximate surface area is 133 Å². The molecule has 0 aliphatic heterocycles. The van der Waals surface area contributed by atoms with Gasteiger partial charge in [0.25, 0.3) is 0 Å². The Morgan fingerprint density at radius 1 is 1.29 bits per heavy atom. The summed E-state index contributed by atoms with van der Waals surface area (Å²) in [5.41, 5.74) is 8.43. The first-order valence-corrected chi connectivity index (χ1v) is 8.30. The van der Waals surface area contributed by atoms with E-state index < -0.39 is 0 Å². The van der Waals surface area contributed by atoms with Crippen molar-refractivity contribution >= 4 is 15.9 Å². The summed E-state index contributed by atoms with van der Waals surface area (Å²) < 4.78 is 6.45. The zero-order valence-electron chi connectivity index (χ0n) is 12.2. The largest absolute Gasteiger partial charge is 0.337 e. The standard InChI is InChI=1S/C16H20BrN3O/c1-10-7-8-12(9-13(10)17)15-19-16(21-20-15)14(18)11-5-3-2-4-6-11/h7-9,11,14H,2-6,18H2,1H3. The molecule has 1 fully saturated rings. The van der Waals surface area contributed by atoms with Gasteiger partial charge in [0.05, 0.1) is 6.04 Å². The lowest BCUT2D eigenvalue weighted by Crippen LogP contribution is -2.23. The Morgan fingerprint density at radius 3 is 2.76 bits per heavy atom. The number of benzene rings is 1. The van der Waals surface area contributed by atoms with Crippen LogP contribution in [-0.4, -0.2) is 10.1 Å². The van der Waals surface area contributed by atoms with Crippen LogP contribution >= 0.6 is 15.9 Å². The van der Waals surface area contributed by atoms with Gasteiger partial charge in [-0.3, -0.25) is 0 Å². The Bertz CT molecular complexity index is 620. The van der Waals surface area contributed by atoms with Gasteiger partial charge in [0.2, 0.25) is 11.7 Å². The maximum atomic E-state index is 6.31. The molecule has 1 heterocycles. The molecular weight excluding hydrogens is 330 g/mol. The number of hydrogen-bond acceptors (Lipinski definition) is 4. The Balaban J connectivity index is 1.80. The topological polar surface area (TPSA) is 64.9 Å². The summed E-state index contributed by atoms with van der Waals surface area (Å²) >= 11 is 3.53. The number of nitrogens with zero attached hydrogens (tertiary/aromatic N) is 2. The summed E-state index contributed by atoms with van der Waals surface area (Å²) in [6.07, 6.45) is 6.15. The first-order chi connectivity index (χ1) is 10.1. The molecule has 1 aromatic carbocycles. The van der Waals surface area contributed by atoms with Crippen LogP contribution in [0.15, 0.2) is 27.2 Å². The lowest BCUT2D eigenvalue weighted by atomic mass is 9.84. The van der Waals surface area contributed by atoms with Crippen molar-refractivity contribution in [1.29, 1.82) is 0 Å². The Morgan fingerprint density at radius 2 is 2.05 bits per heavy atom. The SMILES string of the molecule is Cc1ccc(-c2noc(C(N)C3CCCCC3)n2)cc1Br. The van der Waals surface area contributed by atoms with Crippen LogP contribution in [0.2, 0.25) is 0 Å². The van der Waals surface area contributed by atoms with Crippen molar-refractivity contribution < 1.29 is 4.52 Å². The van der Waals surface area contributed by atoms with Crippen molar-refractivity contribution in [2.24, 2.45) is 11.7 Å². The molecule has 0 saturated heterocycles. The van der Waals surface area contributed by atoms with Crippen LogP contribution in [-0.2, 0) is 0 Å². The van der Waals surface area contributed by atoms with Gasteiger partial charge in [-0.25, -0.2) is 0 Å². The molecule has 21 heavy (non-hydrogen) atoms. The van der Waals surface area contributed by atoms with Crippen LogP contribution in [0, 0.1) is 12.8 Å². The lowest BCUT2D eigenvalue weighted by Gasteiger charge is -2.24. The average Bonchev–Trinajstić information content (AvgIpc) is 3.00. The molecular formula is C16H20BrN3O. The predicted molar refractivity (Wildman–Crippen MR) is 85.7 cm³/mol. The van der Waals surface area contributed by atoms with E-state index in [4.69, 9.17) is 10.3 Å². The second-order valence-electron chi connectivity index (χ2n) is 5.84. The minimum absolute atomic E-state index is 0.138. The van der Waals surface area contributed by atoms with E-state index in [0.717, 1.165) is 22.9 Å². The molecule has 0 spiro atoms. The molecule has 5 heteroatoms. The molecule has 3 rings (SSSR count). The van der Waals surface area contributed by atoms with E-state index in [1.54, 1.807) is 0 Å². The van der Waals surface area contributed by atoms with Crippen LogP contribution in [0.4, 0.5) is 0 Å². The molecule has 1 atom stereocenters. The number of aryl methyl sites for hydroxylation is 1. The molecule has 0 bridgehead atoms. The molecule has 1 saturated carbocycles. The molecule has 0 radical (unpaired) electrons. The van der Waals surface area contributed by atoms with Crippen molar-refractivity contribution in [2.75, 3.05) is 0 Å². The van der Waals surface area contributed by atoms with Gasteiger partial charge >= 0.3 is 0 Å². The minimum atomic E-state index is -0.138. The average molecular weight is 350 g/mol. The highest BCUT2D eigenvalue weighted by molar-refractivity contribution is 9.10. The third kappa shape index (κ3) is 3.19. The van der Waals surface area contributed by atoms with E-state index in [2.05, 4.69) is 33.0 Å². The number of halogens is 1. The molecule has 1 aliphatic carbocycles. The van der Waals surface area contributed by atoms with Crippen LogP contribution < -0.4 is 5.73 Å². The zero-order valence-corrected chi connectivity index (χ0v) is 13.8. The van der Waals surface area contributed by atoms with Crippen LogP contribution in [0.5, 0.6) is 0 Å². The molecule has 1 aliphatic rings. The van der Waals surface area contributed by atoms with Gasteiger partial charge in [-0.1, -0.05) is 52.5 Å². The summed E-state index contributed by atoms with van der Waals surface area (Å²) in [6, 6.07) is 5.91. The number of rotatable bonds is 3. The van der Waals surface area contributed by atoms with Crippen LogP contribution in [0.1, 0.15) is 49.6 Å². The summed E-state index contributed by atoms with van der Waals surface area (Å²) in [5, 5.41) is 4.09. The van der Waals surface area contributed by atoms with Gasteiger partial charge in [-0.05, 0) is 37.3 Å². The number of aromatic nitrogens is 2. The second kappa shape index (κ2) is 6.28. The van der Waals surface area contributed by atoms with Crippen molar-refractivity contribution in [3.63, 3.8) is 0 Å². The first kappa shape index (κ1) is 14.7. The van der Waals surface area contributed by atoms with Gasteiger partial charge in [0, 0.05) is 10.0 Å². The number of hydrogen-bond donors (Lipinski definition) is 1. The van der Waals surface area contributed by atoms with Crippen LogP contribution in [0.3, 0.4) is 0 Å². The van der Waals surface area contributed by atoms with E-state index in [1.807, 2.05) is 18.2 Å². The highest BCUT2D eigenvalue weighted by Gasteiger charge is 2.26. The fraction of sp³-hybridized carbons (Fsp3) is 0.500. The predicted octanol–water partition coefficient (Wildman–Crippen LogP) is 4.39. The second-order valence-corrected chi connectivity index (χ2v) is 6.70. The fourth-order valence-corrected chi connectivity index (χ4v) is 3.29. The molecule has 2 N–H and O–H groups in total. The fourth-order valence-electron chi connectivity index (χ4n) is 2.91.